The normalized spacial score (nSPS) is 22.7. The van der Waals surface area contributed by atoms with Gasteiger partial charge < -0.3 is 19.8 Å². The molecule has 2 heterocycles. The number of aromatic nitrogens is 2. The molecule has 1 saturated heterocycles. The third kappa shape index (κ3) is 2.39. The van der Waals surface area contributed by atoms with E-state index in [0.29, 0.717) is 6.61 Å². The number of hydrogen-bond acceptors (Lipinski definition) is 5. The smallest absolute Gasteiger partial charge is 0.328 e. The number of rotatable bonds is 4. The number of imidazole rings is 1. The summed E-state index contributed by atoms with van der Waals surface area (Å²) in [5, 5.41) is 0. The Hall–Kier alpha value is -1.40. The third-order valence-electron chi connectivity index (χ3n) is 3.47. The van der Waals surface area contributed by atoms with Gasteiger partial charge in [-0.15, -0.1) is 0 Å². The van der Waals surface area contributed by atoms with E-state index in [-0.39, 0.29) is 17.9 Å². The molecule has 1 aliphatic heterocycles. The fourth-order valence-corrected chi connectivity index (χ4v) is 2.26. The van der Waals surface area contributed by atoms with Crippen LogP contribution in [0.4, 0.5) is 0 Å². The molecule has 1 aromatic rings. The van der Waals surface area contributed by atoms with Crippen LogP contribution < -0.4 is 5.73 Å². The van der Waals surface area contributed by atoms with E-state index in [0.717, 1.165) is 18.7 Å². The first-order valence-corrected chi connectivity index (χ1v) is 6.08. The van der Waals surface area contributed by atoms with Crippen molar-refractivity contribution >= 4 is 5.97 Å². The molecule has 1 aliphatic rings. The molecule has 1 aromatic heterocycles. The summed E-state index contributed by atoms with van der Waals surface area (Å²) in [6.45, 7) is 3.19. The van der Waals surface area contributed by atoms with Gasteiger partial charge in [-0.25, -0.2) is 9.78 Å². The van der Waals surface area contributed by atoms with Crippen molar-refractivity contribution in [2.24, 2.45) is 11.7 Å². The summed E-state index contributed by atoms with van der Waals surface area (Å²) in [4.78, 5) is 15.7. The average molecular weight is 253 g/mol. The van der Waals surface area contributed by atoms with Crippen LogP contribution in [0.25, 0.3) is 0 Å². The molecule has 100 valence electrons. The molecule has 1 fully saturated rings. The molecule has 3 unspecified atom stereocenters. The minimum absolute atomic E-state index is 0.165. The molecule has 3 atom stereocenters. The Morgan fingerprint density at radius 1 is 1.72 bits per heavy atom. The topological polar surface area (TPSA) is 79.4 Å². The lowest BCUT2D eigenvalue weighted by molar-refractivity contribution is -0.144. The SMILES string of the molecule is COC(=O)C(C)n1cncc1C(N)C1CCOC1. The van der Waals surface area contributed by atoms with Crippen molar-refractivity contribution in [3.8, 4) is 0 Å². The van der Waals surface area contributed by atoms with Crippen LogP contribution in [0.5, 0.6) is 0 Å². The Bertz CT molecular complexity index is 412. The van der Waals surface area contributed by atoms with E-state index < -0.39 is 6.04 Å². The zero-order valence-electron chi connectivity index (χ0n) is 10.7. The second kappa shape index (κ2) is 5.49. The molecule has 0 radical (unpaired) electrons. The average Bonchev–Trinajstić information content (AvgIpc) is 3.06. The second-order valence-corrected chi connectivity index (χ2v) is 4.57. The highest BCUT2D eigenvalue weighted by atomic mass is 16.5. The van der Waals surface area contributed by atoms with Crippen LogP contribution in [0, 0.1) is 5.92 Å². The number of nitrogens with two attached hydrogens (primary N) is 1. The van der Waals surface area contributed by atoms with Crippen LogP contribution in [0.3, 0.4) is 0 Å². The van der Waals surface area contributed by atoms with Crippen molar-refractivity contribution in [2.75, 3.05) is 20.3 Å². The maximum absolute atomic E-state index is 11.6. The molecular formula is C12H19N3O3. The van der Waals surface area contributed by atoms with Gasteiger partial charge in [-0.2, -0.15) is 0 Å². The van der Waals surface area contributed by atoms with Crippen molar-refractivity contribution in [3.05, 3.63) is 18.2 Å². The molecule has 6 nitrogen and oxygen atoms in total. The van der Waals surface area contributed by atoms with Gasteiger partial charge in [0.15, 0.2) is 0 Å². The van der Waals surface area contributed by atoms with Crippen LogP contribution in [-0.4, -0.2) is 35.8 Å². The zero-order chi connectivity index (χ0) is 13.1. The van der Waals surface area contributed by atoms with Crippen molar-refractivity contribution in [1.82, 2.24) is 9.55 Å². The molecular weight excluding hydrogens is 234 g/mol. The first kappa shape index (κ1) is 13.0. The summed E-state index contributed by atoms with van der Waals surface area (Å²) in [5.74, 6) is -0.0191. The van der Waals surface area contributed by atoms with Crippen LogP contribution in [0.1, 0.15) is 31.1 Å². The van der Waals surface area contributed by atoms with Gasteiger partial charge in [0.05, 0.1) is 31.8 Å². The highest BCUT2D eigenvalue weighted by Crippen LogP contribution is 2.28. The Morgan fingerprint density at radius 2 is 2.50 bits per heavy atom. The summed E-state index contributed by atoms with van der Waals surface area (Å²) < 4.78 is 11.9. The molecule has 2 rings (SSSR count). The standard InChI is InChI=1S/C12H19N3O3/c1-8(12(16)17-2)15-7-14-5-10(15)11(13)9-3-4-18-6-9/h5,7-9,11H,3-4,6,13H2,1-2H3. The number of ether oxygens (including phenoxy) is 2. The quantitative estimate of drug-likeness (QED) is 0.797. The Labute approximate surface area is 106 Å². The van der Waals surface area contributed by atoms with Gasteiger partial charge in [0, 0.05) is 18.7 Å². The van der Waals surface area contributed by atoms with E-state index in [9.17, 15) is 4.79 Å². The number of carbonyl (C=O) groups excluding carboxylic acids is 1. The van der Waals surface area contributed by atoms with Gasteiger partial charge >= 0.3 is 5.97 Å². The number of nitrogens with zero attached hydrogens (tertiary/aromatic N) is 2. The fraction of sp³-hybridized carbons (Fsp3) is 0.667. The van der Waals surface area contributed by atoms with Crippen LogP contribution in [0.2, 0.25) is 0 Å². The lowest BCUT2D eigenvalue weighted by Gasteiger charge is -2.21. The third-order valence-corrected chi connectivity index (χ3v) is 3.47. The molecule has 0 spiro atoms. The van der Waals surface area contributed by atoms with Gasteiger partial charge in [0.1, 0.15) is 6.04 Å². The highest BCUT2D eigenvalue weighted by molar-refractivity contribution is 5.73. The van der Waals surface area contributed by atoms with Crippen molar-refractivity contribution in [3.63, 3.8) is 0 Å². The number of methoxy groups -OCH3 is 1. The first-order valence-electron chi connectivity index (χ1n) is 6.08. The molecule has 0 aromatic carbocycles. The molecule has 0 amide bonds. The van der Waals surface area contributed by atoms with Crippen LogP contribution in [-0.2, 0) is 14.3 Å². The van der Waals surface area contributed by atoms with Gasteiger partial charge in [0.25, 0.3) is 0 Å². The minimum atomic E-state index is -0.416. The van der Waals surface area contributed by atoms with Crippen LogP contribution in [0.15, 0.2) is 12.5 Å². The maximum atomic E-state index is 11.6. The van der Waals surface area contributed by atoms with Gasteiger partial charge in [-0.1, -0.05) is 0 Å². The van der Waals surface area contributed by atoms with E-state index in [1.807, 2.05) is 0 Å². The van der Waals surface area contributed by atoms with Crippen molar-refractivity contribution < 1.29 is 14.3 Å². The Balaban J connectivity index is 2.18. The van der Waals surface area contributed by atoms with E-state index in [4.69, 9.17) is 15.2 Å². The summed E-state index contributed by atoms with van der Waals surface area (Å²) in [7, 11) is 1.38. The van der Waals surface area contributed by atoms with E-state index >= 15 is 0 Å². The summed E-state index contributed by atoms with van der Waals surface area (Å²) in [5.41, 5.74) is 7.08. The number of carbonyl (C=O) groups is 1. The monoisotopic (exact) mass is 253 g/mol. The Morgan fingerprint density at radius 3 is 3.11 bits per heavy atom. The molecule has 0 bridgehead atoms. The second-order valence-electron chi connectivity index (χ2n) is 4.57. The lowest BCUT2D eigenvalue weighted by atomic mass is 9.97. The van der Waals surface area contributed by atoms with Gasteiger partial charge in [-0.3, -0.25) is 0 Å². The summed E-state index contributed by atoms with van der Waals surface area (Å²) in [6.07, 6.45) is 4.27. The Kier molecular flexibility index (Phi) is 3.98. The molecule has 2 N–H and O–H groups in total. The van der Waals surface area contributed by atoms with Crippen molar-refractivity contribution in [2.45, 2.75) is 25.4 Å². The molecule has 18 heavy (non-hydrogen) atoms. The largest absolute Gasteiger partial charge is 0.467 e. The fourth-order valence-electron chi connectivity index (χ4n) is 2.26. The number of hydrogen-bond donors (Lipinski definition) is 1. The lowest BCUT2D eigenvalue weighted by Crippen LogP contribution is -2.27. The van der Waals surface area contributed by atoms with E-state index in [2.05, 4.69) is 4.98 Å². The first-order chi connectivity index (χ1) is 8.65. The molecule has 0 aliphatic carbocycles. The zero-order valence-corrected chi connectivity index (χ0v) is 10.7. The van der Waals surface area contributed by atoms with Gasteiger partial charge in [0.2, 0.25) is 0 Å². The highest BCUT2D eigenvalue weighted by Gasteiger charge is 2.28. The van der Waals surface area contributed by atoms with E-state index in [1.165, 1.54) is 7.11 Å². The predicted molar refractivity (Wildman–Crippen MR) is 64.8 cm³/mol. The molecule has 0 saturated carbocycles. The van der Waals surface area contributed by atoms with Gasteiger partial charge in [-0.05, 0) is 13.3 Å². The van der Waals surface area contributed by atoms with Crippen LogP contribution >= 0.6 is 0 Å². The number of esters is 1. The minimum Gasteiger partial charge on any atom is -0.467 e. The molecule has 6 heteroatoms. The summed E-state index contributed by atoms with van der Waals surface area (Å²) >= 11 is 0. The van der Waals surface area contributed by atoms with Crippen molar-refractivity contribution in [1.29, 1.82) is 0 Å². The predicted octanol–water partition coefficient (Wildman–Crippen LogP) is 0.653. The maximum Gasteiger partial charge on any atom is 0.328 e. The van der Waals surface area contributed by atoms with E-state index in [1.54, 1.807) is 24.0 Å². The summed E-state index contributed by atoms with van der Waals surface area (Å²) in [6, 6.07) is -0.581.